The Labute approximate surface area is 54.5 Å². The van der Waals surface area contributed by atoms with Crippen molar-refractivity contribution in [3.63, 3.8) is 0 Å². The van der Waals surface area contributed by atoms with E-state index in [1.54, 1.807) is 0 Å². The van der Waals surface area contributed by atoms with E-state index >= 15 is 0 Å². The molecule has 0 saturated heterocycles. The molecule has 3 nitrogen and oxygen atoms in total. The first-order valence-corrected chi connectivity index (χ1v) is 4.20. The van der Waals surface area contributed by atoms with Crippen LogP contribution in [0.5, 0.6) is 0 Å². The topological polar surface area (TPSA) is 43.4 Å². The van der Waals surface area contributed by atoms with E-state index in [4.69, 9.17) is 0 Å². The molecule has 0 aliphatic carbocycles. The van der Waals surface area contributed by atoms with Gasteiger partial charge in [-0.05, 0) is 12.0 Å². The van der Waals surface area contributed by atoms with Crippen LogP contribution in [0.1, 0.15) is 13.3 Å². The molecule has 0 aromatic heterocycles. The second-order valence-electron chi connectivity index (χ2n) is 1.88. The van der Waals surface area contributed by atoms with Crippen LogP contribution in [0.2, 0.25) is 0 Å². The van der Waals surface area contributed by atoms with E-state index in [0.29, 0.717) is 0 Å². The summed E-state index contributed by atoms with van der Waals surface area (Å²) in [4.78, 5) is 0. The second kappa shape index (κ2) is 2.11. The van der Waals surface area contributed by atoms with Gasteiger partial charge in [0.2, 0.25) is 0 Å². The first-order valence-electron chi connectivity index (χ1n) is 2.73. The summed E-state index contributed by atoms with van der Waals surface area (Å²) in [5, 5.41) is 1.19. The average molecular weight is 148 g/mol. The Morgan fingerprint density at radius 3 is 2.67 bits per heavy atom. The molecule has 52 valence electrons. The van der Waals surface area contributed by atoms with Gasteiger partial charge in [-0.2, -0.15) is 8.42 Å². The van der Waals surface area contributed by atoms with E-state index in [1.807, 2.05) is 6.92 Å². The SMILES string of the molecule is CCC1=CS(=O)(=O)OC1. The fraction of sp³-hybridized carbons (Fsp3) is 0.600. The molecule has 1 rings (SSSR count). The molecule has 0 saturated carbocycles. The predicted octanol–water partition coefficient (Wildman–Crippen LogP) is 0.640. The van der Waals surface area contributed by atoms with Crippen LogP contribution in [0.3, 0.4) is 0 Å². The molecular weight excluding hydrogens is 140 g/mol. The van der Waals surface area contributed by atoms with Crippen LogP contribution in [0, 0.1) is 0 Å². The zero-order valence-electron chi connectivity index (χ0n) is 5.12. The van der Waals surface area contributed by atoms with Gasteiger partial charge in [0.25, 0.3) is 10.1 Å². The summed E-state index contributed by atoms with van der Waals surface area (Å²) in [5.74, 6) is 0. The van der Waals surface area contributed by atoms with E-state index in [9.17, 15) is 8.42 Å². The highest BCUT2D eigenvalue weighted by atomic mass is 32.2. The van der Waals surface area contributed by atoms with E-state index in [0.717, 1.165) is 12.0 Å². The molecule has 0 amide bonds. The molecular formula is C5H8O3S. The Bertz CT molecular complexity index is 225. The first-order chi connectivity index (χ1) is 4.14. The predicted molar refractivity (Wildman–Crippen MR) is 33.2 cm³/mol. The van der Waals surface area contributed by atoms with Crippen LogP contribution in [0.4, 0.5) is 0 Å². The summed E-state index contributed by atoms with van der Waals surface area (Å²) >= 11 is 0. The van der Waals surface area contributed by atoms with Crippen LogP contribution in [-0.4, -0.2) is 15.0 Å². The van der Waals surface area contributed by atoms with E-state index < -0.39 is 10.1 Å². The van der Waals surface area contributed by atoms with Crippen molar-refractivity contribution < 1.29 is 12.6 Å². The molecule has 0 fully saturated rings. The van der Waals surface area contributed by atoms with Gasteiger partial charge < -0.3 is 0 Å². The third-order valence-corrected chi connectivity index (χ3v) is 2.24. The van der Waals surface area contributed by atoms with Crippen LogP contribution in [0.25, 0.3) is 0 Å². The van der Waals surface area contributed by atoms with Crippen molar-refractivity contribution in [2.45, 2.75) is 13.3 Å². The maximum Gasteiger partial charge on any atom is 0.290 e. The van der Waals surface area contributed by atoms with Gasteiger partial charge in [0.1, 0.15) is 0 Å². The number of hydrogen-bond acceptors (Lipinski definition) is 3. The van der Waals surface area contributed by atoms with E-state index in [-0.39, 0.29) is 6.61 Å². The molecule has 0 atom stereocenters. The molecule has 4 heteroatoms. The van der Waals surface area contributed by atoms with Crippen molar-refractivity contribution in [3.8, 4) is 0 Å². The lowest BCUT2D eigenvalue weighted by Gasteiger charge is -1.87. The maximum absolute atomic E-state index is 10.5. The van der Waals surface area contributed by atoms with Crippen molar-refractivity contribution in [1.29, 1.82) is 0 Å². The minimum atomic E-state index is -3.27. The van der Waals surface area contributed by atoms with Crippen LogP contribution < -0.4 is 0 Å². The van der Waals surface area contributed by atoms with Crippen molar-refractivity contribution >= 4 is 10.1 Å². The Kier molecular flexibility index (Phi) is 1.59. The summed E-state index contributed by atoms with van der Waals surface area (Å²) in [7, 11) is -3.27. The summed E-state index contributed by atoms with van der Waals surface area (Å²) in [6.07, 6.45) is 0.749. The number of hydrogen-bond donors (Lipinski definition) is 0. The zero-order valence-corrected chi connectivity index (χ0v) is 5.94. The molecule has 0 aromatic rings. The summed E-state index contributed by atoms with van der Waals surface area (Å²) < 4.78 is 25.4. The largest absolute Gasteiger partial charge is 0.290 e. The summed E-state index contributed by atoms with van der Waals surface area (Å²) in [6.45, 7) is 2.15. The van der Waals surface area contributed by atoms with Gasteiger partial charge in [0, 0.05) is 0 Å². The van der Waals surface area contributed by atoms with Crippen molar-refractivity contribution in [1.82, 2.24) is 0 Å². The highest BCUT2D eigenvalue weighted by Crippen LogP contribution is 2.14. The van der Waals surface area contributed by atoms with Crippen LogP contribution >= 0.6 is 0 Å². The first kappa shape index (κ1) is 6.77. The molecule has 9 heavy (non-hydrogen) atoms. The average Bonchev–Trinajstić information content (AvgIpc) is 2.10. The molecule has 0 radical (unpaired) electrons. The standard InChI is InChI=1S/C5H8O3S/c1-2-5-3-8-9(6,7)4-5/h4H,2-3H2,1H3. The van der Waals surface area contributed by atoms with Crippen LogP contribution in [0.15, 0.2) is 11.0 Å². The fourth-order valence-corrected chi connectivity index (χ4v) is 1.64. The normalized spacial score (nSPS) is 23.9. The highest BCUT2D eigenvalue weighted by molar-refractivity contribution is 7.89. The Hall–Kier alpha value is -0.350. The lowest BCUT2D eigenvalue weighted by molar-refractivity contribution is 0.365. The Morgan fingerprint density at radius 1 is 1.78 bits per heavy atom. The van der Waals surface area contributed by atoms with E-state index in [1.165, 1.54) is 5.41 Å². The van der Waals surface area contributed by atoms with Gasteiger partial charge in [0.05, 0.1) is 12.0 Å². The molecule has 0 spiro atoms. The fourth-order valence-electron chi connectivity index (χ4n) is 0.615. The van der Waals surface area contributed by atoms with E-state index in [2.05, 4.69) is 4.18 Å². The molecule has 1 aliphatic rings. The zero-order chi connectivity index (χ0) is 6.91. The Morgan fingerprint density at radius 2 is 2.44 bits per heavy atom. The molecule has 1 heterocycles. The summed E-state index contributed by atoms with van der Waals surface area (Å²) in [5.41, 5.74) is 0.843. The van der Waals surface area contributed by atoms with Gasteiger partial charge in [-0.25, -0.2) is 0 Å². The smallest absolute Gasteiger partial charge is 0.262 e. The maximum atomic E-state index is 10.5. The lowest BCUT2D eigenvalue weighted by Crippen LogP contribution is -1.93. The van der Waals surface area contributed by atoms with Gasteiger partial charge in [-0.1, -0.05) is 6.92 Å². The third-order valence-electron chi connectivity index (χ3n) is 1.17. The number of rotatable bonds is 1. The third kappa shape index (κ3) is 1.53. The molecule has 0 bridgehead atoms. The monoisotopic (exact) mass is 148 g/mol. The molecule has 0 N–H and O–H groups in total. The minimum Gasteiger partial charge on any atom is -0.262 e. The van der Waals surface area contributed by atoms with Crippen molar-refractivity contribution in [2.75, 3.05) is 6.61 Å². The van der Waals surface area contributed by atoms with Crippen molar-refractivity contribution in [2.24, 2.45) is 0 Å². The second-order valence-corrected chi connectivity index (χ2v) is 3.34. The lowest BCUT2D eigenvalue weighted by atomic mass is 10.3. The van der Waals surface area contributed by atoms with Crippen LogP contribution in [-0.2, 0) is 14.3 Å². The van der Waals surface area contributed by atoms with Gasteiger partial charge in [-0.15, -0.1) is 0 Å². The van der Waals surface area contributed by atoms with Gasteiger partial charge in [0.15, 0.2) is 0 Å². The quantitative estimate of drug-likeness (QED) is 0.512. The highest BCUT2D eigenvalue weighted by Gasteiger charge is 2.16. The molecule has 1 aliphatic heterocycles. The van der Waals surface area contributed by atoms with Gasteiger partial charge in [-0.3, -0.25) is 4.18 Å². The molecule has 0 aromatic carbocycles. The minimum absolute atomic E-state index is 0.249. The van der Waals surface area contributed by atoms with Gasteiger partial charge >= 0.3 is 0 Å². The summed E-state index contributed by atoms with van der Waals surface area (Å²) in [6, 6.07) is 0. The molecule has 0 unspecified atom stereocenters. The van der Waals surface area contributed by atoms with Crippen molar-refractivity contribution in [3.05, 3.63) is 11.0 Å². The Balaban J connectivity index is 2.85.